The smallest absolute Gasteiger partial charge is 0.143 e. The van der Waals surface area contributed by atoms with Gasteiger partial charge in [0, 0.05) is 23.0 Å². The average Bonchev–Trinajstić information content (AvgIpc) is 2.18. The molecule has 0 heterocycles. The Labute approximate surface area is 86.1 Å². The maximum absolute atomic E-state index is 13.6. The fraction of sp³-hybridized carbons (Fsp3) is 0.400. The topological polar surface area (TPSA) is 20.2 Å². The van der Waals surface area contributed by atoms with Gasteiger partial charge in [0.2, 0.25) is 0 Å². The zero-order chi connectivity index (χ0) is 10.7. The molecule has 0 aliphatic rings. The molecule has 14 heavy (non-hydrogen) atoms. The first kappa shape index (κ1) is 11.5. The van der Waals surface area contributed by atoms with Crippen molar-refractivity contribution < 1.29 is 13.9 Å². The van der Waals surface area contributed by atoms with Crippen molar-refractivity contribution in [3.8, 4) is 0 Å². The van der Waals surface area contributed by atoms with Gasteiger partial charge in [0.05, 0.1) is 0 Å². The van der Waals surface area contributed by atoms with Crippen LogP contribution in [0.1, 0.15) is 18.4 Å². The van der Waals surface area contributed by atoms with Crippen molar-refractivity contribution in [3.05, 3.63) is 29.3 Å². The van der Waals surface area contributed by atoms with Crippen molar-refractivity contribution in [1.82, 2.24) is 0 Å². The molecule has 0 spiro atoms. The van der Waals surface area contributed by atoms with Crippen LogP contribution in [0, 0.1) is 11.6 Å². The number of thioether (sulfide) groups is 1. The van der Waals surface area contributed by atoms with Crippen LogP contribution in [-0.2, 0) is 0 Å². The molecule has 0 aliphatic heterocycles. The van der Waals surface area contributed by atoms with Crippen LogP contribution < -0.4 is 0 Å². The molecule has 0 aromatic heterocycles. The first-order chi connectivity index (χ1) is 6.61. The molecule has 78 valence electrons. The van der Waals surface area contributed by atoms with Gasteiger partial charge in [-0.15, -0.1) is 11.8 Å². The van der Waals surface area contributed by atoms with E-state index in [4.69, 9.17) is 5.11 Å². The Hall–Kier alpha value is -0.610. The highest BCUT2D eigenvalue weighted by atomic mass is 32.2. The van der Waals surface area contributed by atoms with Crippen LogP contribution in [0.3, 0.4) is 0 Å². The highest BCUT2D eigenvalue weighted by Gasteiger charge is 2.18. The third-order valence-electron chi connectivity index (χ3n) is 2.08. The van der Waals surface area contributed by atoms with Gasteiger partial charge in [0.15, 0.2) is 0 Å². The molecule has 0 saturated carbocycles. The highest BCUT2D eigenvalue weighted by Crippen LogP contribution is 2.28. The number of halogens is 2. The second-order valence-electron chi connectivity index (χ2n) is 3.06. The monoisotopic (exact) mass is 218 g/mol. The molecule has 0 radical (unpaired) electrons. The van der Waals surface area contributed by atoms with Crippen molar-refractivity contribution in [2.24, 2.45) is 0 Å². The molecule has 1 rings (SSSR count). The lowest BCUT2D eigenvalue weighted by molar-refractivity contribution is 0.267. The first-order valence-electron chi connectivity index (χ1n) is 4.24. The van der Waals surface area contributed by atoms with Crippen LogP contribution >= 0.6 is 11.8 Å². The Morgan fingerprint density at radius 1 is 1.43 bits per heavy atom. The number of hydrogen-bond donors (Lipinski definition) is 1. The third kappa shape index (κ3) is 2.07. The standard InChI is InChI=1S/C10H12F2OS/c1-6(5-13)9-7(11)3-4-8(14-2)10(9)12/h3-4,6,13H,5H2,1-2H3. The fourth-order valence-corrected chi connectivity index (χ4v) is 1.74. The predicted molar refractivity (Wildman–Crippen MR) is 53.6 cm³/mol. The summed E-state index contributed by atoms with van der Waals surface area (Å²) in [6.45, 7) is 1.33. The van der Waals surface area contributed by atoms with Crippen molar-refractivity contribution in [2.45, 2.75) is 17.7 Å². The van der Waals surface area contributed by atoms with E-state index in [1.807, 2.05) is 0 Å². The average molecular weight is 218 g/mol. The van der Waals surface area contributed by atoms with E-state index in [0.717, 1.165) is 0 Å². The van der Waals surface area contributed by atoms with Gasteiger partial charge in [-0.2, -0.15) is 0 Å². The number of aliphatic hydroxyl groups excluding tert-OH is 1. The molecular weight excluding hydrogens is 206 g/mol. The van der Waals surface area contributed by atoms with Crippen LogP contribution in [0.25, 0.3) is 0 Å². The minimum atomic E-state index is -0.596. The number of benzene rings is 1. The summed E-state index contributed by atoms with van der Waals surface area (Å²) in [5.74, 6) is -1.66. The van der Waals surface area contributed by atoms with Gasteiger partial charge in [-0.3, -0.25) is 0 Å². The zero-order valence-corrected chi connectivity index (χ0v) is 8.87. The lowest BCUT2D eigenvalue weighted by Crippen LogP contribution is -2.06. The zero-order valence-electron chi connectivity index (χ0n) is 8.05. The van der Waals surface area contributed by atoms with E-state index >= 15 is 0 Å². The summed E-state index contributed by atoms with van der Waals surface area (Å²) >= 11 is 1.22. The highest BCUT2D eigenvalue weighted by molar-refractivity contribution is 7.98. The summed E-state index contributed by atoms with van der Waals surface area (Å²) < 4.78 is 26.8. The predicted octanol–water partition coefficient (Wildman–Crippen LogP) is 2.78. The summed E-state index contributed by atoms with van der Waals surface area (Å²) in [4.78, 5) is 0.404. The normalized spacial score (nSPS) is 12.9. The molecule has 4 heteroatoms. The summed E-state index contributed by atoms with van der Waals surface area (Å²) in [5.41, 5.74) is -0.0284. The summed E-state index contributed by atoms with van der Waals surface area (Å²) in [7, 11) is 0. The molecule has 0 fully saturated rings. The fourth-order valence-electron chi connectivity index (χ4n) is 1.25. The Kier molecular flexibility index (Phi) is 3.89. The van der Waals surface area contributed by atoms with Crippen LogP contribution in [0.4, 0.5) is 8.78 Å². The van der Waals surface area contributed by atoms with E-state index in [1.54, 1.807) is 13.2 Å². The maximum Gasteiger partial charge on any atom is 0.143 e. The Balaban J connectivity index is 3.25. The van der Waals surface area contributed by atoms with Gasteiger partial charge in [-0.25, -0.2) is 8.78 Å². The van der Waals surface area contributed by atoms with E-state index in [2.05, 4.69) is 0 Å². The minimum Gasteiger partial charge on any atom is -0.396 e. The molecule has 1 unspecified atom stereocenters. The van der Waals surface area contributed by atoms with Gasteiger partial charge >= 0.3 is 0 Å². The van der Waals surface area contributed by atoms with Crippen LogP contribution in [0.5, 0.6) is 0 Å². The van der Waals surface area contributed by atoms with Crippen LogP contribution in [0.15, 0.2) is 17.0 Å². The van der Waals surface area contributed by atoms with Crippen molar-refractivity contribution >= 4 is 11.8 Å². The van der Waals surface area contributed by atoms with E-state index in [9.17, 15) is 8.78 Å². The van der Waals surface area contributed by atoms with Gasteiger partial charge in [0.1, 0.15) is 11.6 Å². The van der Waals surface area contributed by atoms with E-state index < -0.39 is 17.6 Å². The number of aliphatic hydroxyl groups is 1. The Morgan fingerprint density at radius 3 is 2.57 bits per heavy atom. The molecule has 1 aromatic rings. The van der Waals surface area contributed by atoms with Crippen molar-refractivity contribution in [2.75, 3.05) is 12.9 Å². The summed E-state index contributed by atoms with van der Waals surface area (Å²) in [6.07, 6.45) is 1.73. The minimum absolute atomic E-state index is 0.0284. The molecule has 1 nitrogen and oxygen atoms in total. The molecule has 0 amide bonds. The van der Waals surface area contributed by atoms with Crippen LogP contribution in [-0.4, -0.2) is 18.0 Å². The Morgan fingerprint density at radius 2 is 2.07 bits per heavy atom. The lowest BCUT2D eigenvalue weighted by Gasteiger charge is -2.12. The quantitative estimate of drug-likeness (QED) is 0.787. The molecule has 0 aliphatic carbocycles. The number of rotatable bonds is 3. The first-order valence-corrected chi connectivity index (χ1v) is 5.47. The SMILES string of the molecule is CSc1ccc(F)c(C(C)CO)c1F. The largest absolute Gasteiger partial charge is 0.396 e. The molecular formula is C10H12F2OS. The molecule has 1 N–H and O–H groups in total. The van der Waals surface area contributed by atoms with Gasteiger partial charge in [0.25, 0.3) is 0 Å². The Bertz CT molecular complexity index is 328. The van der Waals surface area contributed by atoms with Crippen molar-refractivity contribution in [1.29, 1.82) is 0 Å². The van der Waals surface area contributed by atoms with E-state index in [1.165, 1.54) is 23.9 Å². The number of hydrogen-bond acceptors (Lipinski definition) is 2. The molecule has 0 bridgehead atoms. The second-order valence-corrected chi connectivity index (χ2v) is 3.91. The third-order valence-corrected chi connectivity index (χ3v) is 2.83. The van der Waals surface area contributed by atoms with Crippen LogP contribution in [0.2, 0.25) is 0 Å². The van der Waals surface area contributed by atoms with Gasteiger partial charge in [-0.05, 0) is 18.4 Å². The van der Waals surface area contributed by atoms with Gasteiger partial charge in [-0.1, -0.05) is 6.92 Å². The van der Waals surface area contributed by atoms with Gasteiger partial charge < -0.3 is 5.11 Å². The molecule has 1 aromatic carbocycles. The summed E-state index contributed by atoms with van der Waals surface area (Å²) in [5, 5.41) is 8.86. The lowest BCUT2D eigenvalue weighted by atomic mass is 10.0. The maximum atomic E-state index is 13.6. The molecule has 1 atom stereocenters. The summed E-state index contributed by atoms with van der Waals surface area (Å²) in [6, 6.07) is 2.64. The second kappa shape index (κ2) is 4.75. The van der Waals surface area contributed by atoms with E-state index in [-0.39, 0.29) is 12.2 Å². The molecule has 0 saturated heterocycles. The van der Waals surface area contributed by atoms with Crippen molar-refractivity contribution in [3.63, 3.8) is 0 Å². The van der Waals surface area contributed by atoms with E-state index in [0.29, 0.717) is 4.90 Å².